The summed E-state index contributed by atoms with van der Waals surface area (Å²) in [5, 5.41) is 15.1. The standard InChI is InChI=1S/C15H18N4O/c16-5-11-2-1-3-14(4-11)18-15(20)10-19-8-12-6-17-7-13(12)9-19/h1-4,12-13,17H,6-10H2,(H,18,20). The third kappa shape index (κ3) is 2.82. The van der Waals surface area contributed by atoms with Crippen LogP contribution in [0.25, 0.3) is 0 Å². The number of amides is 1. The monoisotopic (exact) mass is 270 g/mol. The molecule has 1 aromatic carbocycles. The largest absolute Gasteiger partial charge is 0.325 e. The van der Waals surface area contributed by atoms with Crippen LogP contribution < -0.4 is 10.6 Å². The number of nitrogens with zero attached hydrogens (tertiary/aromatic N) is 2. The van der Waals surface area contributed by atoms with Crippen molar-refractivity contribution >= 4 is 11.6 Å². The van der Waals surface area contributed by atoms with Crippen LogP contribution in [0.4, 0.5) is 5.69 Å². The summed E-state index contributed by atoms with van der Waals surface area (Å²) in [6.45, 7) is 4.59. The maximum atomic E-state index is 12.0. The Kier molecular flexibility index (Phi) is 3.68. The highest BCUT2D eigenvalue weighted by Crippen LogP contribution is 2.25. The van der Waals surface area contributed by atoms with E-state index in [4.69, 9.17) is 5.26 Å². The van der Waals surface area contributed by atoms with Crippen LogP contribution >= 0.6 is 0 Å². The minimum Gasteiger partial charge on any atom is -0.325 e. The summed E-state index contributed by atoms with van der Waals surface area (Å²) in [5.41, 5.74) is 1.25. The number of fused-ring (bicyclic) bond motifs is 1. The first kappa shape index (κ1) is 13.1. The number of nitriles is 1. The van der Waals surface area contributed by atoms with E-state index in [2.05, 4.69) is 21.6 Å². The van der Waals surface area contributed by atoms with Gasteiger partial charge < -0.3 is 10.6 Å². The van der Waals surface area contributed by atoms with Gasteiger partial charge in [0.05, 0.1) is 18.2 Å². The number of carbonyl (C=O) groups is 1. The fraction of sp³-hybridized carbons (Fsp3) is 0.467. The molecule has 5 nitrogen and oxygen atoms in total. The Balaban J connectivity index is 1.54. The average molecular weight is 270 g/mol. The number of hydrogen-bond donors (Lipinski definition) is 2. The van der Waals surface area contributed by atoms with E-state index in [1.54, 1.807) is 24.3 Å². The number of benzene rings is 1. The number of carbonyl (C=O) groups excluding carboxylic acids is 1. The van der Waals surface area contributed by atoms with Crippen LogP contribution in [0.1, 0.15) is 5.56 Å². The molecule has 2 atom stereocenters. The predicted molar refractivity (Wildman–Crippen MR) is 76.1 cm³/mol. The van der Waals surface area contributed by atoms with Crippen LogP contribution in [0.3, 0.4) is 0 Å². The Morgan fingerprint density at radius 2 is 2.15 bits per heavy atom. The van der Waals surface area contributed by atoms with Crippen LogP contribution in [0.15, 0.2) is 24.3 Å². The molecule has 5 heteroatoms. The second kappa shape index (κ2) is 5.61. The Labute approximate surface area is 118 Å². The zero-order valence-corrected chi connectivity index (χ0v) is 11.3. The summed E-state index contributed by atoms with van der Waals surface area (Å²) in [6, 6.07) is 9.08. The molecule has 104 valence electrons. The van der Waals surface area contributed by atoms with E-state index < -0.39 is 0 Å². The number of hydrogen-bond acceptors (Lipinski definition) is 4. The molecule has 2 aliphatic heterocycles. The van der Waals surface area contributed by atoms with Crippen molar-refractivity contribution in [1.29, 1.82) is 5.26 Å². The van der Waals surface area contributed by atoms with Crippen LogP contribution in [-0.4, -0.2) is 43.5 Å². The number of likely N-dealkylation sites (tertiary alicyclic amines) is 1. The molecule has 0 aliphatic carbocycles. The van der Waals surface area contributed by atoms with Gasteiger partial charge in [-0.2, -0.15) is 5.26 Å². The Morgan fingerprint density at radius 3 is 2.85 bits per heavy atom. The summed E-state index contributed by atoms with van der Waals surface area (Å²) in [4.78, 5) is 14.3. The maximum Gasteiger partial charge on any atom is 0.238 e. The van der Waals surface area contributed by atoms with Crippen molar-refractivity contribution in [2.45, 2.75) is 0 Å². The van der Waals surface area contributed by atoms with Gasteiger partial charge in [0, 0.05) is 18.8 Å². The topological polar surface area (TPSA) is 68.2 Å². The van der Waals surface area contributed by atoms with E-state index in [0.717, 1.165) is 26.2 Å². The summed E-state index contributed by atoms with van der Waals surface area (Å²) < 4.78 is 0. The minimum absolute atomic E-state index is 0.00646. The fourth-order valence-corrected chi connectivity index (χ4v) is 3.15. The lowest BCUT2D eigenvalue weighted by molar-refractivity contribution is -0.117. The molecular weight excluding hydrogens is 252 g/mol. The van der Waals surface area contributed by atoms with Crippen LogP contribution in [0, 0.1) is 23.2 Å². The van der Waals surface area contributed by atoms with E-state index in [9.17, 15) is 4.79 Å². The van der Waals surface area contributed by atoms with Crippen molar-refractivity contribution in [2.75, 3.05) is 38.0 Å². The lowest BCUT2D eigenvalue weighted by atomic mass is 10.0. The molecule has 0 bridgehead atoms. The van der Waals surface area contributed by atoms with Crippen molar-refractivity contribution < 1.29 is 4.79 Å². The molecule has 0 saturated carbocycles. The van der Waals surface area contributed by atoms with Gasteiger partial charge in [-0.3, -0.25) is 9.69 Å². The molecule has 2 fully saturated rings. The molecule has 2 saturated heterocycles. The molecule has 2 N–H and O–H groups in total. The third-order valence-electron chi connectivity index (χ3n) is 4.11. The lowest BCUT2D eigenvalue weighted by Crippen LogP contribution is -2.33. The highest BCUT2D eigenvalue weighted by atomic mass is 16.2. The predicted octanol–water partition coefficient (Wildman–Crippen LogP) is 0.648. The first-order valence-corrected chi connectivity index (χ1v) is 6.97. The smallest absolute Gasteiger partial charge is 0.238 e. The highest BCUT2D eigenvalue weighted by Gasteiger charge is 2.36. The SMILES string of the molecule is N#Cc1cccc(NC(=O)CN2CC3CNCC3C2)c1. The third-order valence-corrected chi connectivity index (χ3v) is 4.11. The second-order valence-electron chi connectivity index (χ2n) is 5.61. The highest BCUT2D eigenvalue weighted by molar-refractivity contribution is 5.92. The normalized spacial score (nSPS) is 25.1. The minimum atomic E-state index is -0.00646. The Morgan fingerprint density at radius 1 is 1.40 bits per heavy atom. The van der Waals surface area contributed by atoms with Crippen molar-refractivity contribution in [3.05, 3.63) is 29.8 Å². The van der Waals surface area contributed by atoms with Gasteiger partial charge >= 0.3 is 0 Å². The molecule has 0 aromatic heterocycles. The summed E-state index contributed by atoms with van der Waals surface area (Å²) in [6.07, 6.45) is 0. The summed E-state index contributed by atoms with van der Waals surface area (Å²) in [5.74, 6) is 1.39. The van der Waals surface area contributed by atoms with Gasteiger partial charge in [-0.1, -0.05) is 6.07 Å². The van der Waals surface area contributed by atoms with Gasteiger partial charge in [-0.25, -0.2) is 0 Å². The summed E-state index contributed by atoms with van der Waals surface area (Å²) in [7, 11) is 0. The van der Waals surface area contributed by atoms with Gasteiger partial charge in [-0.05, 0) is 43.1 Å². The van der Waals surface area contributed by atoms with Crippen LogP contribution in [0.2, 0.25) is 0 Å². The Bertz CT molecular complexity index is 539. The lowest BCUT2D eigenvalue weighted by Gasteiger charge is -2.16. The average Bonchev–Trinajstić information content (AvgIpc) is 2.99. The van der Waals surface area contributed by atoms with Gasteiger partial charge in [0.25, 0.3) is 0 Å². The first-order valence-electron chi connectivity index (χ1n) is 6.97. The van der Waals surface area contributed by atoms with Crippen LogP contribution in [0.5, 0.6) is 0 Å². The molecule has 1 amide bonds. The summed E-state index contributed by atoms with van der Waals surface area (Å²) >= 11 is 0. The van der Waals surface area contributed by atoms with Crippen molar-refractivity contribution in [2.24, 2.45) is 11.8 Å². The van der Waals surface area contributed by atoms with E-state index >= 15 is 0 Å². The second-order valence-corrected chi connectivity index (χ2v) is 5.61. The van der Waals surface area contributed by atoms with Gasteiger partial charge in [0.15, 0.2) is 0 Å². The van der Waals surface area contributed by atoms with Crippen LogP contribution in [-0.2, 0) is 4.79 Å². The molecule has 2 aliphatic rings. The molecule has 0 radical (unpaired) electrons. The number of nitrogens with one attached hydrogen (secondary N) is 2. The molecule has 2 heterocycles. The Hall–Kier alpha value is -1.90. The van der Waals surface area contributed by atoms with Gasteiger partial charge in [0.2, 0.25) is 5.91 Å². The number of rotatable bonds is 3. The van der Waals surface area contributed by atoms with E-state index in [0.29, 0.717) is 29.6 Å². The fourth-order valence-electron chi connectivity index (χ4n) is 3.15. The van der Waals surface area contributed by atoms with E-state index in [1.165, 1.54) is 0 Å². The molecule has 3 rings (SSSR count). The van der Waals surface area contributed by atoms with Crippen molar-refractivity contribution in [1.82, 2.24) is 10.2 Å². The van der Waals surface area contributed by atoms with E-state index in [-0.39, 0.29) is 5.91 Å². The van der Waals surface area contributed by atoms with Crippen molar-refractivity contribution in [3.8, 4) is 6.07 Å². The first-order chi connectivity index (χ1) is 9.74. The van der Waals surface area contributed by atoms with Gasteiger partial charge in [0.1, 0.15) is 0 Å². The zero-order valence-electron chi connectivity index (χ0n) is 11.3. The molecule has 1 aromatic rings. The molecule has 0 spiro atoms. The molecule has 20 heavy (non-hydrogen) atoms. The zero-order chi connectivity index (χ0) is 13.9. The van der Waals surface area contributed by atoms with Gasteiger partial charge in [-0.15, -0.1) is 0 Å². The van der Waals surface area contributed by atoms with E-state index in [1.807, 2.05) is 0 Å². The maximum absolute atomic E-state index is 12.0. The van der Waals surface area contributed by atoms with Crippen molar-refractivity contribution in [3.63, 3.8) is 0 Å². The quantitative estimate of drug-likeness (QED) is 0.846. The molecule has 2 unspecified atom stereocenters. The molecular formula is C15H18N4O. The number of anilines is 1.